The predicted molar refractivity (Wildman–Crippen MR) is 82.2 cm³/mol. The predicted octanol–water partition coefficient (Wildman–Crippen LogP) is 2.92. The van der Waals surface area contributed by atoms with Crippen molar-refractivity contribution in [3.63, 3.8) is 0 Å². The van der Waals surface area contributed by atoms with E-state index >= 15 is 0 Å². The minimum Gasteiger partial charge on any atom is -0.448 e. The standard InChI is InChI=1S/C16H17NO3S/c1-11-5-7-13(8-6-11)10-17-15(18)12(2)20-16(19)14-4-3-9-21-14/h3-9,12H,10H2,1-2H3,(H,17,18)/t12-/m1/s1. The molecule has 21 heavy (non-hydrogen) atoms. The molecule has 110 valence electrons. The van der Waals surface area contributed by atoms with Gasteiger partial charge in [0.2, 0.25) is 0 Å². The molecule has 0 spiro atoms. The fraction of sp³-hybridized carbons (Fsp3) is 0.250. The summed E-state index contributed by atoms with van der Waals surface area (Å²) in [6.07, 6.45) is -0.815. The third-order valence-electron chi connectivity index (χ3n) is 2.96. The topological polar surface area (TPSA) is 55.4 Å². The second-order valence-electron chi connectivity index (χ2n) is 4.73. The number of hydrogen-bond donors (Lipinski definition) is 1. The molecule has 1 aromatic carbocycles. The average molecular weight is 303 g/mol. The normalized spacial score (nSPS) is 11.7. The Morgan fingerprint density at radius 2 is 1.95 bits per heavy atom. The Balaban J connectivity index is 1.82. The Hall–Kier alpha value is -2.14. The van der Waals surface area contributed by atoms with Gasteiger partial charge in [-0.15, -0.1) is 11.3 Å². The number of nitrogens with one attached hydrogen (secondary N) is 1. The zero-order valence-electron chi connectivity index (χ0n) is 12.0. The van der Waals surface area contributed by atoms with Gasteiger partial charge in [0.25, 0.3) is 5.91 Å². The molecule has 1 aromatic heterocycles. The van der Waals surface area contributed by atoms with E-state index in [0.717, 1.165) is 5.56 Å². The second kappa shape index (κ2) is 7.04. The number of carbonyl (C=O) groups excluding carboxylic acids is 2. The van der Waals surface area contributed by atoms with Crippen LogP contribution in [0.2, 0.25) is 0 Å². The van der Waals surface area contributed by atoms with Crippen LogP contribution in [0.4, 0.5) is 0 Å². The summed E-state index contributed by atoms with van der Waals surface area (Å²) in [6.45, 7) is 3.99. The summed E-state index contributed by atoms with van der Waals surface area (Å²) >= 11 is 1.29. The third kappa shape index (κ3) is 4.43. The quantitative estimate of drug-likeness (QED) is 0.864. The van der Waals surface area contributed by atoms with Gasteiger partial charge in [0.1, 0.15) is 4.88 Å². The van der Waals surface area contributed by atoms with Crippen LogP contribution in [0.3, 0.4) is 0 Å². The molecule has 1 heterocycles. The van der Waals surface area contributed by atoms with E-state index in [1.54, 1.807) is 24.4 Å². The van der Waals surface area contributed by atoms with Gasteiger partial charge in [-0.1, -0.05) is 35.9 Å². The first-order valence-corrected chi connectivity index (χ1v) is 7.52. The fourth-order valence-electron chi connectivity index (χ4n) is 1.71. The van der Waals surface area contributed by atoms with Crippen molar-refractivity contribution in [3.05, 3.63) is 57.8 Å². The first kappa shape index (κ1) is 15.3. The average Bonchev–Trinajstić information content (AvgIpc) is 3.00. The summed E-state index contributed by atoms with van der Waals surface area (Å²) in [4.78, 5) is 24.1. The molecular weight excluding hydrogens is 286 g/mol. The maximum Gasteiger partial charge on any atom is 0.349 e. The molecule has 1 atom stereocenters. The van der Waals surface area contributed by atoms with Crippen molar-refractivity contribution < 1.29 is 14.3 Å². The summed E-state index contributed by atoms with van der Waals surface area (Å²) in [5.41, 5.74) is 2.18. The summed E-state index contributed by atoms with van der Waals surface area (Å²) in [5, 5.41) is 4.55. The van der Waals surface area contributed by atoms with Crippen molar-refractivity contribution in [2.75, 3.05) is 0 Å². The van der Waals surface area contributed by atoms with Crippen LogP contribution < -0.4 is 5.32 Å². The molecule has 0 unspecified atom stereocenters. The van der Waals surface area contributed by atoms with Crippen LogP contribution in [0.15, 0.2) is 41.8 Å². The molecule has 0 bridgehead atoms. The number of hydrogen-bond acceptors (Lipinski definition) is 4. The van der Waals surface area contributed by atoms with E-state index in [1.807, 2.05) is 31.2 Å². The van der Waals surface area contributed by atoms with Gasteiger partial charge < -0.3 is 10.1 Å². The van der Waals surface area contributed by atoms with E-state index in [9.17, 15) is 9.59 Å². The zero-order chi connectivity index (χ0) is 15.2. The minimum atomic E-state index is -0.815. The molecule has 0 aliphatic carbocycles. The van der Waals surface area contributed by atoms with Gasteiger partial charge in [0.05, 0.1) is 0 Å². The van der Waals surface area contributed by atoms with Gasteiger partial charge in [0, 0.05) is 6.54 Å². The number of aryl methyl sites for hydroxylation is 1. The van der Waals surface area contributed by atoms with Gasteiger partial charge in [-0.05, 0) is 30.9 Å². The van der Waals surface area contributed by atoms with Crippen LogP contribution in [0.5, 0.6) is 0 Å². The monoisotopic (exact) mass is 303 g/mol. The Bertz CT molecular complexity index is 605. The zero-order valence-corrected chi connectivity index (χ0v) is 12.8. The molecule has 1 amide bonds. The highest BCUT2D eigenvalue weighted by atomic mass is 32.1. The van der Waals surface area contributed by atoms with Gasteiger partial charge in [-0.25, -0.2) is 4.79 Å². The Kier molecular flexibility index (Phi) is 5.11. The second-order valence-corrected chi connectivity index (χ2v) is 5.68. The molecule has 0 aliphatic rings. The molecule has 5 heteroatoms. The number of amides is 1. The highest BCUT2D eigenvalue weighted by molar-refractivity contribution is 7.11. The van der Waals surface area contributed by atoms with Crippen LogP contribution >= 0.6 is 11.3 Å². The molecule has 0 fully saturated rings. The lowest BCUT2D eigenvalue weighted by Gasteiger charge is -2.13. The fourth-order valence-corrected chi connectivity index (χ4v) is 2.31. The van der Waals surface area contributed by atoms with E-state index in [4.69, 9.17) is 4.74 Å². The van der Waals surface area contributed by atoms with Gasteiger partial charge in [0.15, 0.2) is 6.10 Å². The van der Waals surface area contributed by atoms with Gasteiger partial charge in [-0.3, -0.25) is 4.79 Å². The van der Waals surface area contributed by atoms with Crippen LogP contribution in [-0.4, -0.2) is 18.0 Å². The molecule has 0 saturated heterocycles. The van der Waals surface area contributed by atoms with E-state index in [-0.39, 0.29) is 5.91 Å². The van der Waals surface area contributed by atoms with E-state index in [0.29, 0.717) is 11.4 Å². The first-order valence-electron chi connectivity index (χ1n) is 6.64. The molecule has 1 N–H and O–H groups in total. The molecule has 0 aliphatic heterocycles. The van der Waals surface area contributed by atoms with Crippen molar-refractivity contribution in [2.45, 2.75) is 26.5 Å². The number of thiophene rings is 1. The lowest BCUT2D eigenvalue weighted by atomic mass is 10.1. The van der Waals surface area contributed by atoms with Gasteiger partial charge in [-0.2, -0.15) is 0 Å². The van der Waals surface area contributed by atoms with E-state index in [1.165, 1.54) is 16.9 Å². The SMILES string of the molecule is Cc1ccc(CNC(=O)[C@@H](C)OC(=O)c2cccs2)cc1. The smallest absolute Gasteiger partial charge is 0.349 e. The molecule has 4 nitrogen and oxygen atoms in total. The van der Waals surface area contributed by atoms with Crippen LogP contribution in [-0.2, 0) is 16.1 Å². The number of benzene rings is 1. The van der Waals surface area contributed by atoms with Crippen molar-refractivity contribution in [1.29, 1.82) is 0 Å². The van der Waals surface area contributed by atoms with Crippen LogP contribution in [0.25, 0.3) is 0 Å². The molecule has 2 rings (SSSR count). The maximum atomic E-state index is 11.9. The van der Waals surface area contributed by atoms with Crippen molar-refractivity contribution >= 4 is 23.2 Å². The van der Waals surface area contributed by atoms with E-state index in [2.05, 4.69) is 5.32 Å². The number of carbonyl (C=O) groups is 2. The van der Waals surface area contributed by atoms with Gasteiger partial charge >= 0.3 is 5.97 Å². The van der Waals surface area contributed by atoms with Crippen molar-refractivity contribution in [1.82, 2.24) is 5.32 Å². The van der Waals surface area contributed by atoms with Crippen LogP contribution in [0, 0.1) is 6.92 Å². The maximum absolute atomic E-state index is 11.9. The van der Waals surface area contributed by atoms with Crippen molar-refractivity contribution in [3.8, 4) is 0 Å². The summed E-state index contributed by atoms with van der Waals surface area (Å²) < 4.78 is 5.12. The Labute approximate surface area is 127 Å². The number of ether oxygens (including phenoxy) is 1. The Morgan fingerprint density at radius 3 is 2.57 bits per heavy atom. The third-order valence-corrected chi connectivity index (χ3v) is 3.81. The summed E-state index contributed by atoms with van der Waals surface area (Å²) in [5.74, 6) is -0.775. The summed E-state index contributed by atoms with van der Waals surface area (Å²) in [6, 6.07) is 11.3. The molecular formula is C16H17NO3S. The molecule has 2 aromatic rings. The van der Waals surface area contributed by atoms with E-state index < -0.39 is 12.1 Å². The lowest BCUT2D eigenvalue weighted by molar-refractivity contribution is -0.129. The largest absolute Gasteiger partial charge is 0.448 e. The number of esters is 1. The molecule has 0 radical (unpaired) electrons. The summed E-state index contributed by atoms with van der Waals surface area (Å²) in [7, 11) is 0. The first-order chi connectivity index (χ1) is 10.1. The Morgan fingerprint density at radius 1 is 1.24 bits per heavy atom. The number of rotatable bonds is 5. The van der Waals surface area contributed by atoms with Crippen molar-refractivity contribution in [2.24, 2.45) is 0 Å². The minimum absolute atomic E-state index is 0.305. The lowest BCUT2D eigenvalue weighted by Crippen LogP contribution is -2.35. The highest BCUT2D eigenvalue weighted by Gasteiger charge is 2.19. The molecule has 0 saturated carbocycles. The highest BCUT2D eigenvalue weighted by Crippen LogP contribution is 2.11. The van der Waals surface area contributed by atoms with Crippen LogP contribution in [0.1, 0.15) is 27.7 Å².